The lowest BCUT2D eigenvalue weighted by atomic mass is 9.83. The smallest absolute Gasteiger partial charge is 0.0558 e. The molecule has 0 bridgehead atoms. The summed E-state index contributed by atoms with van der Waals surface area (Å²) in [6.45, 7) is 5.29. The van der Waals surface area contributed by atoms with Crippen LogP contribution in [0.4, 0.5) is 0 Å². The van der Waals surface area contributed by atoms with Crippen LogP contribution in [0.2, 0.25) is 10.0 Å². The van der Waals surface area contributed by atoms with E-state index in [2.05, 4.69) is 61.2 Å². The van der Waals surface area contributed by atoms with Crippen LogP contribution in [0, 0.1) is 0 Å². The second-order valence-electron chi connectivity index (χ2n) is 7.46. The van der Waals surface area contributed by atoms with Crippen LogP contribution in [-0.4, -0.2) is 37.0 Å². The minimum atomic E-state index is 0.186. The molecule has 1 fully saturated rings. The first-order valence-corrected chi connectivity index (χ1v) is 9.12. The highest BCUT2D eigenvalue weighted by atomic mass is 35.5. The van der Waals surface area contributed by atoms with E-state index in [9.17, 15) is 0 Å². The van der Waals surface area contributed by atoms with Gasteiger partial charge in [-0.15, -0.1) is 0 Å². The largest absolute Gasteiger partial charge is 0.301 e. The molecule has 4 heteroatoms. The molecule has 0 aliphatic carbocycles. The molecule has 0 N–H and O–H groups in total. The van der Waals surface area contributed by atoms with Crippen LogP contribution in [0.25, 0.3) is 0 Å². The van der Waals surface area contributed by atoms with Crippen LogP contribution < -0.4 is 0 Å². The lowest BCUT2D eigenvalue weighted by Gasteiger charge is -2.33. The molecule has 126 valence electrons. The fraction of sp³-hybridized carbons (Fsp3) is 0.400. The molecule has 1 saturated heterocycles. The van der Waals surface area contributed by atoms with Crippen molar-refractivity contribution in [2.24, 2.45) is 0 Å². The van der Waals surface area contributed by atoms with Crippen molar-refractivity contribution in [3.8, 4) is 0 Å². The number of hydrogen-bond donors (Lipinski definition) is 0. The third-order valence-corrected chi connectivity index (χ3v) is 6.24. The molecule has 0 spiro atoms. The van der Waals surface area contributed by atoms with Crippen molar-refractivity contribution in [1.82, 2.24) is 9.80 Å². The number of hydrogen-bond acceptors (Lipinski definition) is 2. The number of fused-ring (bicyclic) bond motifs is 1. The molecule has 2 aliphatic heterocycles. The zero-order chi connectivity index (χ0) is 17.1. The zero-order valence-electron chi connectivity index (χ0n) is 14.3. The molecule has 2 aliphatic rings. The molecule has 24 heavy (non-hydrogen) atoms. The Kier molecular flexibility index (Phi) is 3.92. The fourth-order valence-electron chi connectivity index (χ4n) is 3.96. The van der Waals surface area contributed by atoms with Gasteiger partial charge in [-0.2, -0.15) is 0 Å². The van der Waals surface area contributed by atoms with E-state index in [1.54, 1.807) is 0 Å². The Morgan fingerprint density at radius 2 is 1.88 bits per heavy atom. The second kappa shape index (κ2) is 5.74. The third kappa shape index (κ3) is 2.66. The minimum absolute atomic E-state index is 0.186. The average Bonchev–Trinajstić information content (AvgIpc) is 3.16. The second-order valence-corrected chi connectivity index (χ2v) is 8.30. The summed E-state index contributed by atoms with van der Waals surface area (Å²) in [5.74, 6) is 0.308. The Balaban J connectivity index is 1.79. The molecule has 2 nitrogen and oxygen atoms in total. The summed E-state index contributed by atoms with van der Waals surface area (Å²) in [6, 6.07) is 13.0. The van der Waals surface area contributed by atoms with Crippen molar-refractivity contribution in [2.75, 3.05) is 27.2 Å². The van der Waals surface area contributed by atoms with E-state index >= 15 is 0 Å². The normalized spacial score (nSPS) is 29.4. The van der Waals surface area contributed by atoms with Crippen LogP contribution in [0.3, 0.4) is 0 Å². The molecular formula is C20H22Cl2N2. The highest BCUT2D eigenvalue weighted by molar-refractivity contribution is 6.35. The summed E-state index contributed by atoms with van der Waals surface area (Å²) in [4.78, 5) is 4.71. The van der Waals surface area contributed by atoms with E-state index in [4.69, 9.17) is 23.2 Å². The average molecular weight is 361 g/mol. The van der Waals surface area contributed by atoms with Gasteiger partial charge in [-0.05, 0) is 55.4 Å². The van der Waals surface area contributed by atoms with Crippen LogP contribution in [0.15, 0.2) is 36.4 Å². The molecule has 2 aromatic carbocycles. The number of rotatable bonds is 2. The number of halogens is 2. The van der Waals surface area contributed by atoms with Crippen molar-refractivity contribution in [1.29, 1.82) is 0 Å². The van der Waals surface area contributed by atoms with Crippen molar-refractivity contribution >= 4 is 23.2 Å². The van der Waals surface area contributed by atoms with Gasteiger partial charge in [0.25, 0.3) is 0 Å². The van der Waals surface area contributed by atoms with Crippen molar-refractivity contribution in [3.05, 3.63) is 68.7 Å². The Bertz CT molecular complexity index is 804. The SMILES string of the molecule is CN1Cc2c(Cl)cc(Cl)cc2C(c2cccc(C3(C)CN3C)c2)C1. The van der Waals surface area contributed by atoms with Gasteiger partial charge < -0.3 is 4.90 Å². The lowest BCUT2D eigenvalue weighted by molar-refractivity contribution is 0.295. The van der Waals surface area contributed by atoms with Crippen LogP contribution in [0.5, 0.6) is 0 Å². The van der Waals surface area contributed by atoms with E-state index in [1.807, 2.05) is 6.07 Å². The molecule has 2 heterocycles. The van der Waals surface area contributed by atoms with Crippen LogP contribution in [-0.2, 0) is 12.1 Å². The molecule has 3 atom stereocenters. The molecule has 3 unspecified atom stereocenters. The van der Waals surface area contributed by atoms with E-state index in [0.29, 0.717) is 5.92 Å². The molecule has 4 rings (SSSR count). The molecule has 0 radical (unpaired) electrons. The van der Waals surface area contributed by atoms with Gasteiger partial charge in [0, 0.05) is 35.6 Å². The number of benzene rings is 2. The summed E-state index contributed by atoms with van der Waals surface area (Å²) in [7, 11) is 4.33. The highest BCUT2D eigenvalue weighted by Gasteiger charge is 2.46. The van der Waals surface area contributed by atoms with Crippen LogP contribution >= 0.6 is 23.2 Å². The standard InChI is InChI=1S/C20H22Cl2N2/c1-20(12-24(20)3)14-6-4-5-13(7-14)17-10-23(2)11-18-16(17)8-15(21)9-19(18)22/h4-9,17H,10-12H2,1-3H3. The molecule has 0 saturated carbocycles. The Labute approximate surface area is 154 Å². The van der Waals surface area contributed by atoms with Gasteiger partial charge >= 0.3 is 0 Å². The predicted octanol–water partition coefficient (Wildman–Crippen LogP) is 4.73. The van der Waals surface area contributed by atoms with Gasteiger partial charge in [-0.1, -0.05) is 47.5 Å². The quantitative estimate of drug-likeness (QED) is 0.714. The van der Waals surface area contributed by atoms with Gasteiger partial charge in [0.1, 0.15) is 0 Å². The predicted molar refractivity (Wildman–Crippen MR) is 101 cm³/mol. The summed E-state index contributed by atoms with van der Waals surface area (Å²) >= 11 is 12.8. The number of nitrogens with zero attached hydrogens (tertiary/aromatic N) is 2. The summed E-state index contributed by atoms with van der Waals surface area (Å²) < 4.78 is 0. The first-order chi connectivity index (χ1) is 11.4. The lowest BCUT2D eigenvalue weighted by Crippen LogP contribution is -2.31. The van der Waals surface area contributed by atoms with Crippen LogP contribution in [0.1, 0.15) is 35.1 Å². The van der Waals surface area contributed by atoms with Gasteiger partial charge in [0.2, 0.25) is 0 Å². The third-order valence-electron chi connectivity index (χ3n) is 5.69. The molecular weight excluding hydrogens is 339 g/mol. The van der Waals surface area contributed by atoms with E-state index in [1.165, 1.54) is 22.3 Å². The fourth-order valence-corrected chi connectivity index (χ4v) is 4.53. The number of likely N-dealkylation sites (N-methyl/N-ethyl adjacent to an activating group) is 2. The van der Waals surface area contributed by atoms with Crippen molar-refractivity contribution in [3.63, 3.8) is 0 Å². The molecule has 0 aromatic heterocycles. The van der Waals surface area contributed by atoms with E-state index < -0.39 is 0 Å². The molecule has 0 amide bonds. The summed E-state index contributed by atoms with van der Waals surface area (Å²) in [5.41, 5.74) is 5.41. The Morgan fingerprint density at radius 3 is 2.58 bits per heavy atom. The van der Waals surface area contributed by atoms with Gasteiger partial charge in [-0.25, -0.2) is 0 Å². The first-order valence-electron chi connectivity index (χ1n) is 8.36. The minimum Gasteiger partial charge on any atom is -0.301 e. The van der Waals surface area contributed by atoms with E-state index in [0.717, 1.165) is 29.7 Å². The highest BCUT2D eigenvalue weighted by Crippen LogP contribution is 2.43. The van der Waals surface area contributed by atoms with Crippen molar-refractivity contribution < 1.29 is 0 Å². The maximum absolute atomic E-state index is 6.48. The topological polar surface area (TPSA) is 6.25 Å². The summed E-state index contributed by atoms with van der Waals surface area (Å²) in [5, 5.41) is 1.50. The zero-order valence-corrected chi connectivity index (χ0v) is 15.8. The van der Waals surface area contributed by atoms with Crippen molar-refractivity contribution in [2.45, 2.75) is 24.9 Å². The van der Waals surface area contributed by atoms with Gasteiger partial charge in [0.15, 0.2) is 0 Å². The van der Waals surface area contributed by atoms with E-state index in [-0.39, 0.29) is 5.54 Å². The molecule has 2 aromatic rings. The summed E-state index contributed by atoms with van der Waals surface area (Å²) in [6.07, 6.45) is 0. The van der Waals surface area contributed by atoms with Gasteiger partial charge in [-0.3, -0.25) is 4.90 Å². The monoisotopic (exact) mass is 360 g/mol. The van der Waals surface area contributed by atoms with Gasteiger partial charge in [0.05, 0.1) is 5.54 Å². The Morgan fingerprint density at radius 1 is 1.12 bits per heavy atom. The maximum Gasteiger partial charge on any atom is 0.0558 e. The first kappa shape index (κ1) is 16.4. The maximum atomic E-state index is 6.48. The Hall–Kier alpha value is -1.06.